The Morgan fingerprint density at radius 2 is 1.85 bits per heavy atom. The highest BCUT2D eigenvalue weighted by molar-refractivity contribution is 7.90. The molecule has 4 rings (SSSR count). The summed E-state index contributed by atoms with van der Waals surface area (Å²) in [5, 5.41) is 0.682. The van der Waals surface area contributed by atoms with Gasteiger partial charge in [0.25, 0.3) is 10.0 Å². The van der Waals surface area contributed by atoms with Crippen LogP contribution in [-0.2, 0) is 10.0 Å². The molecule has 3 aromatic heterocycles. The van der Waals surface area contributed by atoms with E-state index >= 15 is 0 Å². The van der Waals surface area contributed by atoms with Gasteiger partial charge in [-0.15, -0.1) is 0 Å². The summed E-state index contributed by atoms with van der Waals surface area (Å²) in [6.45, 7) is 0. The van der Waals surface area contributed by atoms with Crippen molar-refractivity contribution in [3.8, 4) is 17.2 Å². The molecule has 0 amide bonds. The van der Waals surface area contributed by atoms with Crippen LogP contribution >= 0.6 is 0 Å². The number of rotatable bonds is 5. The fourth-order valence-electron chi connectivity index (χ4n) is 2.84. The lowest BCUT2D eigenvalue weighted by molar-refractivity contribution is 0.110. The van der Waals surface area contributed by atoms with Gasteiger partial charge < -0.3 is 9.15 Å². The third-order valence-electron chi connectivity index (χ3n) is 4.16. The molecule has 1 aromatic carbocycles. The summed E-state index contributed by atoms with van der Waals surface area (Å²) in [4.78, 5) is 15.3. The Labute approximate surface area is 154 Å². The summed E-state index contributed by atoms with van der Waals surface area (Å²) in [6.07, 6.45) is 3.61. The normalized spacial score (nSPS) is 11.6. The van der Waals surface area contributed by atoms with Crippen molar-refractivity contribution in [1.82, 2.24) is 8.96 Å². The number of nitrogens with zero attached hydrogens (tertiary/aromatic N) is 2. The average molecular weight is 382 g/mol. The first-order valence-corrected chi connectivity index (χ1v) is 9.39. The number of furan rings is 1. The van der Waals surface area contributed by atoms with Crippen LogP contribution in [0.4, 0.5) is 0 Å². The van der Waals surface area contributed by atoms with Gasteiger partial charge in [-0.1, -0.05) is 0 Å². The van der Waals surface area contributed by atoms with Gasteiger partial charge in [0.2, 0.25) is 0 Å². The molecule has 0 fully saturated rings. The van der Waals surface area contributed by atoms with Crippen LogP contribution in [0.5, 0.6) is 5.75 Å². The molecule has 136 valence electrons. The number of aldehydes is 1. The number of fused-ring (bicyclic) bond motifs is 1. The molecular weight excluding hydrogens is 368 g/mol. The molecule has 0 radical (unpaired) electrons. The van der Waals surface area contributed by atoms with Gasteiger partial charge in [-0.25, -0.2) is 12.4 Å². The van der Waals surface area contributed by atoms with E-state index in [2.05, 4.69) is 4.98 Å². The number of carbonyl (C=O) groups is 1. The Bertz CT molecular complexity index is 1240. The topological polar surface area (TPSA) is 91.4 Å². The Kier molecular flexibility index (Phi) is 4.04. The Balaban J connectivity index is 1.92. The van der Waals surface area contributed by atoms with Crippen LogP contribution in [0.25, 0.3) is 22.4 Å². The number of methoxy groups -OCH3 is 1. The molecular formula is C19H14N2O5S. The maximum atomic E-state index is 13.2. The summed E-state index contributed by atoms with van der Waals surface area (Å²) >= 11 is 0. The summed E-state index contributed by atoms with van der Waals surface area (Å²) in [5.74, 6) is 1.01. The molecule has 0 unspecified atom stereocenters. The number of hydrogen-bond donors (Lipinski definition) is 0. The summed E-state index contributed by atoms with van der Waals surface area (Å²) in [6, 6.07) is 12.6. The van der Waals surface area contributed by atoms with E-state index < -0.39 is 10.0 Å². The van der Waals surface area contributed by atoms with E-state index in [0.29, 0.717) is 34.4 Å². The van der Waals surface area contributed by atoms with Crippen molar-refractivity contribution in [3.63, 3.8) is 0 Å². The second kappa shape index (κ2) is 6.40. The second-order valence-electron chi connectivity index (χ2n) is 5.71. The predicted octanol–water partition coefficient (Wildman–Crippen LogP) is 3.35. The van der Waals surface area contributed by atoms with E-state index in [-0.39, 0.29) is 10.7 Å². The van der Waals surface area contributed by atoms with Crippen molar-refractivity contribution in [2.75, 3.05) is 7.11 Å². The zero-order valence-corrected chi connectivity index (χ0v) is 15.0. The standard InChI is InChI=1S/C19H14N2O5S/c1-25-14-2-5-16(6-3-14)27(23,24)21-11-9-13-8-10-20-18(19(13)21)17-7-4-15(12-22)26-17/h2-12H,1H3. The van der Waals surface area contributed by atoms with Crippen molar-refractivity contribution in [2.45, 2.75) is 4.90 Å². The summed E-state index contributed by atoms with van der Waals surface area (Å²) in [7, 11) is -2.35. The molecule has 0 bridgehead atoms. The fraction of sp³-hybridized carbons (Fsp3) is 0.0526. The monoisotopic (exact) mass is 382 g/mol. The molecule has 7 nitrogen and oxygen atoms in total. The van der Waals surface area contributed by atoms with Crippen molar-refractivity contribution >= 4 is 27.2 Å². The Morgan fingerprint density at radius 1 is 1.07 bits per heavy atom. The minimum Gasteiger partial charge on any atom is -0.497 e. The smallest absolute Gasteiger partial charge is 0.268 e. The fourth-order valence-corrected chi connectivity index (χ4v) is 4.20. The highest BCUT2D eigenvalue weighted by Gasteiger charge is 2.22. The van der Waals surface area contributed by atoms with E-state index in [4.69, 9.17) is 9.15 Å². The molecule has 0 aliphatic carbocycles. The molecule has 0 saturated carbocycles. The molecule has 0 atom stereocenters. The molecule has 0 spiro atoms. The van der Waals surface area contributed by atoms with E-state index in [9.17, 15) is 13.2 Å². The van der Waals surface area contributed by atoms with Crippen molar-refractivity contribution in [1.29, 1.82) is 0 Å². The number of benzene rings is 1. The number of pyridine rings is 1. The van der Waals surface area contributed by atoms with Gasteiger partial charge in [0, 0.05) is 17.8 Å². The van der Waals surface area contributed by atoms with Gasteiger partial charge in [0.1, 0.15) is 11.4 Å². The SMILES string of the molecule is COc1ccc(S(=O)(=O)n2ccc3ccnc(-c4ccc(C=O)o4)c32)cc1. The van der Waals surface area contributed by atoms with Crippen LogP contribution in [0, 0.1) is 0 Å². The highest BCUT2D eigenvalue weighted by Crippen LogP contribution is 2.31. The van der Waals surface area contributed by atoms with E-state index in [0.717, 1.165) is 3.97 Å². The van der Waals surface area contributed by atoms with E-state index in [1.807, 2.05) is 0 Å². The molecule has 0 aliphatic heterocycles. The summed E-state index contributed by atoms with van der Waals surface area (Å²) < 4.78 is 38.0. The molecule has 3 heterocycles. The van der Waals surface area contributed by atoms with Crippen molar-refractivity contribution in [2.24, 2.45) is 0 Å². The zero-order chi connectivity index (χ0) is 19.0. The lowest BCUT2D eigenvalue weighted by atomic mass is 10.2. The minimum atomic E-state index is -3.87. The predicted molar refractivity (Wildman–Crippen MR) is 98.4 cm³/mol. The molecule has 0 saturated heterocycles. The molecule has 8 heteroatoms. The van der Waals surface area contributed by atoms with Crippen LogP contribution in [0.15, 0.2) is 70.2 Å². The molecule has 4 aromatic rings. The Hall–Kier alpha value is -3.39. The molecule has 0 aliphatic rings. The highest BCUT2D eigenvalue weighted by atomic mass is 32.2. The van der Waals surface area contributed by atoms with Gasteiger partial charge in [0.05, 0.1) is 17.5 Å². The number of aromatic nitrogens is 2. The maximum absolute atomic E-state index is 13.2. The van der Waals surface area contributed by atoms with Crippen molar-refractivity contribution < 1.29 is 22.4 Å². The quantitative estimate of drug-likeness (QED) is 0.492. The first-order valence-electron chi connectivity index (χ1n) is 7.95. The van der Waals surface area contributed by atoms with Crippen LogP contribution in [-0.4, -0.2) is 30.8 Å². The van der Waals surface area contributed by atoms with Gasteiger partial charge in [-0.05, 0) is 48.5 Å². The van der Waals surface area contributed by atoms with Crippen LogP contribution in [0.2, 0.25) is 0 Å². The zero-order valence-electron chi connectivity index (χ0n) is 14.2. The van der Waals surface area contributed by atoms with Gasteiger partial charge in [-0.2, -0.15) is 0 Å². The van der Waals surface area contributed by atoms with Crippen LogP contribution < -0.4 is 4.74 Å². The minimum absolute atomic E-state index is 0.114. The summed E-state index contributed by atoms with van der Waals surface area (Å²) in [5.41, 5.74) is 0.711. The van der Waals surface area contributed by atoms with Gasteiger partial charge in [0.15, 0.2) is 17.8 Å². The van der Waals surface area contributed by atoms with Crippen LogP contribution in [0.1, 0.15) is 10.6 Å². The van der Waals surface area contributed by atoms with Gasteiger partial charge >= 0.3 is 0 Å². The lowest BCUT2D eigenvalue weighted by Crippen LogP contribution is -2.12. The number of ether oxygens (including phenoxy) is 1. The number of carbonyl (C=O) groups excluding carboxylic acids is 1. The van der Waals surface area contributed by atoms with Gasteiger partial charge in [-0.3, -0.25) is 9.78 Å². The first kappa shape index (κ1) is 17.0. The van der Waals surface area contributed by atoms with E-state index in [1.165, 1.54) is 31.5 Å². The van der Waals surface area contributed by atoms with E-state index in [1.54, 1.807) is 36.5 Å². The van der Waals surface area contributed by atoms with Crippen LogP contribution in [0.3, 0.4) is 0 Å². The molecule has 0 N–H and O–H groups in total. The Morgan fingerprint density at radius 3 is 2.52 bits per heavy atom. The third kappa shape index (κ3) is 2.80. The number of hydrogen-bond acceptors (Lipinski definition) is 6. The third-order valence-corrected chi connectivity index (χ3v) is 5.85. The molecule has 27 heavy (non-hydrogen) atoms. The largest absolute Gasteiger partial charge is 0.497 e. The average Bonchev–Trinajstić information content (AvgIpc) is 3.35. The maximum Gasteiger partial charge on any atom is 0.268 e. The van der Waals surface area contributed by atoms with Crippen molar-refractivity contribution in [3.05, 3.63) is 66.7 Å². The second-order valence-corrected chi connectivity index (χ2v) is 7.52. The lowest BCUT2D eigenvalue weighted by Gasteiger charge is -2.10. The first-order chi connectivity index (χ1) is 13.0.